The van der Waals surface area contributed by atoms with Gasteiger partial charge in [-0.25, -0.2) is 4.79 Å². The summed E-state index contributed by atoms with van der Waals surface area (Å²) >= 11 is 6.11. The summed E-state index contributed by atoms with van der Waals surface area (Å²) in [5.74, 6) is 0.000508. The van der Waals surface area contributed by atoms with Crippen LogP contribution in [0.25, 0.3) is 0 Å². The normalized spacial score (nSPS) is 18.5. The molecule has 5 heteroatoms. The van der Waals surface area contributed by atoms with E-state index < -0.39 is 6.09 Å². The maximum absolute atomic E-state index is 12.0. The summed E-state index contributed by atoms with van der Waals surface area (Å²) in [5, 5.41) is 0.389. The molecule has 0 fully saturated rings. The number of hydrogen-bond donors (Lipinski definition) is 0. The smallest absolute Gasteiger partial charge is 0.414 e. The summed E-state index contributed by atoms with van der Waals surface area (Å²) in [5.41, 5.74) is 0.940. The Morgan fingerprint density at radius 2 is 2.28 bits per heavy atom. The molecule has 0 radical (unpaired) electrons. The summed E-state index contributed by atoms with van der Waals surface area (Å²) in [7, 11) is 0. The number of benzene rings is 1. The molecule has 0 aromatic heterocycles. The van der Waals surface area contributed by atoms with Crippen LogP contribution in [0, 0.1) is 0 Å². The number of amides is 1. The van der Waals surface area contributed by atoms with Crippen molar-refractivity contribution in [2.45, 2.75) is 26.3 Å². The molecule has 1 aromatic rings. The Kier molecular flexibility index (Phi) is 3.57. The third-order valence-corrected chi connectivity index (χ3v) is 3.22. The average molecular weight is 268 g/mol. The van der Waals surface area contributed by atoms with Gasteiger partial charge in [0.15, 0.2) is 5.78 Å². The molecular weight excluding hydrogens is 254 g/mol. The van der Waals surface area contributed by atoms with Crippen LogP contribution in [0.2, 0.25) is 5.02 Å². The molecule has 1 aromatic carbocycles. The molecule has 0 saturated heterocycles. The molecule has 1 amide bonds. The van der Waals surface area contributed by atoms with Crippen LogP contribution < -0.4 is 4.90 Å². The Bertz CT molecular complexity index is 501. The number of carbonyl (C=O) groups excluding carboxylic acids is 2. The summed E-state index contributed by atoms with van der Waals surface area (Å²) in [4.78, 5) is 25.4. The zero-order chi connectivity index (χ0) is 13.3. The Labute approximate surface area is 110 Å². The molecule has 1 aliphatic rings. The first-order valence-corrected chi connectivity index (χ1v) is 6.21. The number of fused-ring (bicyclic) bond motifs is 1. The minimum atomic E-state index is -0.466. The van der Waals surface area contributed by atoms with Crippen LogP contribution in [0.5, 0.6) is 0 Å². The van der Waals surface area contributed by atoms with E-state index in [-0.39, 0.29) is 24.9 Å². The lowest BCUT2D eigenvalue weighted by Gasteiger charge is -2.34. The van der Waals surface area contributed by atoms with Gasteiger partial charge in [0.1, 0.15) is 0 Å². The van der Waals surface area contributed by atoms with E-state index in [1.165, 1.54) is 4.90 Å². The molecule has 0 N–H and O–H groups in total. The van der Waals surface area contributed by atoms with Gasteiger partial charge in [0.2, 0.25) is 0 Å². The molecule has 1 aliphatic heterocycles. The maximum atomic E-state index is 12.0. The van der Waals surface area contributed by atoms with Gasteiger partial charge in [0.25, 0.3) is 0 Å². The number of rotatable bonds is 1. The van der Waals surface area contributed by atoms with Crippen molar-refractivity contribution in [3.63, 3.8) is 0 Å². The Hall–Kier alpha value is -1.55. The fraction of sp³-hybridized carbons (Fsp3) is 0.385. The summed E-state index contributed by atoms with van der Waals surface area (Å²) in [6.07, 6.45) is -0.182. The molecule has 2 rings (SSSR count). The molecular formula is C13H14ClNO3. The predicted molar refractivity (Wildman–Crippen MR) is 69.4 cm³/mol. The molecule has 0 bridgehead atoms. The van der Waals surface area contributed by atoms with E-state index in [1.54, 1.807) is 32.0 Å². The molecule has 4 nitrogen and oxygen atoms in total. The van der Waals surface area contributed by atoms with Gasteiger partial charge in [-0.1, -0.05) is 17.7 Å². The number of para-hydroxylation sites is 1. The van der Waals surface area contributed by atoms with Crippen LogP contribution in [-0.2, 0) is 4.74 Å². The number of halogens is 1. The standard InChI is InChI=1S/C13H14ClNO3/c1-3-18-13(17)15-8(2)7-11(16)9-5-4-6-10(14)12(9)15/h4-6,8H,3,7H2,1-2H3. The van der Waals surface area contributed by atoms with E-state index >= 15 is 0 Å². The second-order valence-electron chi connectivity index (χ2n) is 4.18. The molecule has 1 heterocycles. The highest BCUT2D eigenvalue weighted by Crippen LogP contribution is 2.37. The maximum Gasteiger partial charge on any atom is 0.414 e. The van der Waals surface area contributed by atoms with Gasteiger partial charge in [-0.05, 0) is 26.0 Å². The monoisotopic (exact) mass is 267 g/mol. The van der Waals surface area contributed by atoms with Crippen molar-refractivity contribution in [2.75, 3.05) is 11.5 Å². The van der Waals surface area contributed by atoms with Crippen LogP contribution in [0.3, 0.4) is 0 Å². The molecule has 0 saturated carbocycles. The van der Waals surface area contributed by atoms with Crippen LogP contribution in [0.1, 0.15) is 30.6 Å². The van der Waals surface area contributed by atoms with Crippen molar-refractivity contribution in [1.29, 1.82) is 0 Å². The molecule has 96 valence electrons. The van der Waals surface area contributed by atoms with Crippen molar-refractivity contribution in [3.8, 4) is 0 Å². The fourth-order valence-corrected chi connectivity index (χ4v) is 2.40. The second-order valence-corrected chi connectivity index (χ2v) is 4.59. The number of ether oxygens (including phenoxy) is 1. The zero-order valence-corrected chi connectivity index (χ0v) is 11.0. The largest absolute Gasteiger partial charge is 0.449 e. The van der Waals surface area contributed by atoms with E-state index in [9.17, 15) is 9.59 Å². The number of anilines is 1. The Morgan fingerprint density at radius 1 is 1.56 bits per heavy atom. The van der Waals surface area contributed by atoms with Crippen molar-refractivity contribution in [3.05, 3.63) is 28.8 Å². The van der Waals surface area contributed by atoms with Gasteiger partial charge in [-0.2, -0.15) is 0 Å². The zero-order valence-electron chi connectivity index (χ0n) is 10.3. The Morgan fingerprint density at radius 3 is 2.94 bits per heavy atom. The fourth-order valence-electron chi connectivity index (χ4n) is 2.14. The third-order valence-electron chi connectivity index (χ3n) is 2.91. The summed E-state index contributed by atoms with van der Waals surface area (Å²) in [6, 6.07) is 4.81. The van der Waals surface area contributed by atoms with Crippen LogP contribution >= 0.6 is 11.6 Å². The van der Waals surface area contributed by atoms with E-state index in [0.29, 0.717) is 16.3 Å². The summed E-state index contributed by atoms with van der Waals surface area (Å²) < 4.78 is 5.02. The van der Waals surface area contributed by atoms with Crippen molar-refractivity contribution >= 4 is 29.2 Å². The second kappa shape index (κ2) is 4.98. The van der Waals surface area contributed by atoms with Crippen molar-refractivity contribution < 1.29 is 14.3 Å². The van der Waals surface area contributed by atoms with E-state index in [4.69, 9.17) is 16.3 Å². The summed E-state index contributed by atoms with van der Waals surface area (Å²) in [6.45, 7) is 3.84. The SMILES string of the molecule is CCOC(=O)N1c2c(Cl)cccc2C(=O)CC1C. The lowest BCUT2D eigenvalue weighted by atomic mass is 9.96. The van der Waals surface area contributed by atoms with Crippen molar-refractivity contribution in [2.24, 2.45) is 0 Å². The van der Waals surface area contributed by atoms with Crippen LogP contribution in [0.15, 0.2) is 18.2 Å². The number of ketones is 1. The van der Waals surface area contributed by atoms with Gasteiger partial charge in [-0.15, -0.1) is 0 Å². The van der Waals surface area contributed by atoms with Gasteiger partial charge < -0.3 is 4.74 Å². The number of carbonyl (C=O) groups is 2. The Balaban J connectivity index is 2.52. The van der Waals surface area contributed by atoms with E-state index in [2.05, 4.69) is 0 Å². The number of Topliss-reactive ketones (excluding diaryl/α,β-unsaturated/α-hetero) is 1. The lowest BCUT2D eigenvalue weighted by molar-refractivity contribution is 0.0966. The predicted octanol–water partition coefficient (Wildman–Crippen LogP) is 3.28. The topological polar surface area (TPSA) is 46.6 Å². The number of hydrogen-bond acceptors (Lipinski definition) is 3. The van der Waals surface area contributed by atoms with E-state index in [0.717, 1.165) is 0 Å². The molecule has 0 aliphatic carbocycles. The highest BCUT2D eigenvalue weighted by Gasteiger charge is 2.35. The first kappa shape index (κ1) is 12.9. The highest BCUT2D eigenvalue weighted by molar-refractivity contribution is 6.35. The van der Waals surface area contributed by atoms with E-state index in [1.807, 2.05) is 0 Å². The average Bonchev–Trinajstić information content (AvgIpc) is 2.30. The lowest BCUT2D eigenvalue weighted by Crippen LogP contribution is -2.44. The molecule has 18 heavy (non-hydrogen) atoms. The van der Waals surface area contributed by atoms with Gasteiger partial charge >= 0.3 is 6.09 Å². The molecule has 0 spiro atoms. The first-order valence-electron chi connectivity index (χ1n) is 5.84. The highest BCUT2D eigenvalue weighted by atomic mass is 35.5. The third kappa shape index (κ3) is 2.08. The number of nitrogens with zero attached hydrogens (tertiary/aromatic N) is 1. The van der Waals surface area contributed by atoms with Gasteiger partial charge in [-0.3, -0.25) is 9.69 Å². The van der Waals surface area contributed by atoms with Crippen LogP contribution in [0.4, 0.5) is 10.5 Å². The molecule has 1 atom stereocenters. The van der Waals surface area contributed by atoms with Crippen LogP contribution in [-0.4, -0.2) is 24.5 Å². The van der Waals surface area contributed by atoms with Crippen molar-refractivity contribution in [1.82, 2.24) is 0 Å². The molecule has 1 unspecified atom stereocenters. The first-order chi connectivity index (χ1) is 8.56. The minimum absolute atomic E-state index is 0.000508. The van der Waals surface area contributed by atoms with Gasteiger partial charge in [0, 0.05) is 18.0 Å². The van der Waals surface area contributed by atoms with Gasteiger partial charge in [0.05, 0.1) is 17.3 Å². The quantitative estimate of drug-likeness (QED) is 0.784. The minimum Gasteiger partial charge on any atom is -0.449 e.